The number of hydrogen-bond donors (Lipinski definition) is 4. The topological polar surface area (TPSA) is 85.0 Å². The summed E-state index contributed by atoms with van der Waals surface area (Å²) in [7, 11) is 0. The molecule has 0 heterocycles. The average Bonchev–Trinajstić information content (AvgIpc) is 3.26. The van der Waals surface area contributed by atoms with Gasteiger partial charge in [0.25, 0.3) is 0 Å². The number of rotatable bonds is 16. The fourth-order valence-electron chi connectivity index (χ4n) is 8.91. The van der Waals surface area contributed by atoms with Crippen molar-refractivity contribution in [1.82, 2.24) is 21.3 Å². The van der Waals surface area contributed by atoms with Crippen LogP contribution in [0.2, 0.25) is 0 Å². The molecule has 0 atom stereocenters. The van der Waals surface area contributed by atoms with E-state index in [1.807, 2.05) is 0 Å². The lowest BCUT2D eigenvalue weighted by atomic mass is 9.79. The van der Waals surface area contributed by atoms with E-state index < -0.39 is 0 Å². The summed E-state index contributed by atoms with van der Waals surface area (Å²) in [5.74, 6) is 3.21. The van der Waals surface area contributed by atoms with Crippen molar-refractivity contribution in [2.45, 2.75) is 158 Å². The SMILES string of the molecule is CCNC(=S)COc1c2cc(C(C)(C)C)cc1Cc1cc(C(C)(C)C)cc(c1OCC(=S)NCC)Cc1cc(C(C)(C)C)cc(c1OCC(=S)NCC)Cc1cc(C(C)(C)C)cc(c1OCC(=S)NCC)C2. The summed E-state index contributed by atoms with van der Waals surface area (Å²) in [6.45, 7) is 39.2. The molecule has 1 aliphatic carbocycles. The van der Waals surface area contributed by atoms with Crippen LogP contribution in [0, 0.1) is 0 Å². The first kappa shape index (κ1) is 58.5. The van der Waals surface area contributed by atoms with Crippen molar-refractivity contribution in [3.05, 3.63) is 115 Å². The maximum atomic E-state index is 7.05. The molecule has 4 aromatic carbocycles. The molecule has 1 aliphatic rings. The number of nitrogens with one attached hydrogen (secondary N) is 4. The van der Waals surface area contributed by atoms with Crippen LogP contribution in [0.15, 0.2) is 48.5 Å². The summed E-state index contributed by atoms with van der Waals surface area (Å²) in [6, 6.07) is 18.6. The number of fused-ring (bicyclic) bond motifs is 8. The van der Waals surface area contributed by atoms with Gasteiger partial charge < -0.3 is 40.2 Å². The van der Waals surface area contributed by atoms with Gasteiger partial charge in [-0.3, -0.25) is 0 Å². The molecule has 0 radical (unpaired) electrons. The summed E-state index contributed by atoms with van der Waals surface area (Å²) in [4.78, 5) is 2.58. The number of likely N-dealkylation sites (N-methyl/N-ethyl adjacent to an activating group) is 4. The summed E-state index contributed by atoms with van der Waals surface area (Å²) in [6.07, 6.45) is 2.06. The third-order valence-corrected chi connectivity index (χ3v) is 13.9. The molecular formula is C60H84N4O4S4. The van der Waals surface area contributed by atoms with Crippen LogP contribution in [0.1, 0.15) is 178 Å². The van der Waals surface area contributed by atoms with E-state index in [9.17, 15) is 0 Å². The van der Waals surface area contributed by atoms with Gasteiger partial charge in [-0.1, -0.05) is 180 Å². The third kappa shape index (κ3) is 15.8. The Morgan fingerprint density at radius 1 is 0.333 bits per heavy atom. The molecule has 0 saturated heterocycles. The van der Waals surface area contributed by atoms with E-state index in [1.54, 1.807) is 0 Å². The van der Waals surface area contributed by atoms with E-state index >= 15 is 0 Å². The van der Waals surface area contributed by atoms with Gasteiger partial charge in [0.05, 0.1) is 0 Å². The van der Waals surface area contributed by atoms with E-state index in [2.05, 4.69) is 181 Å². The van der Waals surface area contributed by atoms with Gasteiger partial charge in [-0.05, 0) is 116 Å². The van der Waals surface area contributed by atoms with Crippen molar-refractivity contribution in [1.29, 1.82) is 0 Å². The number of thiocarbonyl (C=S) groups is 4. The molecule has 0 fully saturated rings. The number of ether oxygens (including phenoxy) is 4. The number of hydrogen-bond acceptors (Lipinski definition) is 8. The second kappa shape index (κ2) is 24.8. The Balaban J connectivity index is 2.04. The van der Waals surface area contributed by atoms with Gasteiger partial charge in [0, 0.05) is 51.9 Å². The van der Waals surface area contributed by atoms with Gasteiger partial charge >= 0.3 is 0 Å². The van der Waals surface area contributed by atoms with Gasteiger partial charge in [0.15, 0.2) is 0 Å². The molecular weight excluding hydrogens is 969 g/mol. The highest BCUT2D eigenvalue weighted by molar-refractivity contribution is 7.81. The lowest BCUT2D eigenvalue weighted by Crippen LogP contribution is -2.28. The molecule has 0 spiro atoms. The zero-order valence-electron chi connectivity index (χ0n) is 46.4. The molecule has 12 heteroatoms. The molecule has 72 heavy (non-hydrogen) atoms. The van der Waals surface area contributed by atoms with Crippen LogP contribution >= 0.6 is 48.9 Å². The normalized spacial score (nSPS) is 12.9. The third-order valence-electron chi connectivity index (χ3n) is 12.8. The minimum atomic E-state index is -0.202. The lowest BCUT2D eigenvalue weighted by molar-refractivity contribution is 0.357. The Bertz CT molecular complexity index is 2160. The first-order valence-corrected chi connectivity index (χ1v) is 27.5. The highest BCUT2D eigenvalue weighted by Gasteiger charge is 2.30. The zero-order valence-corrected chi connectivity index (χ0v) is 49.6. The molecule has 0 aliphatic heterocycles. The Morgan fingerprint density at radius 2 is 0.486 bits per heavy atom. The number of benzene rings is 4. The molecule has 0 amide bonds. The molecule has 0 saturated carbocycles. The molecule has 4 aromatic rings. The fraction of sp³-hybridized carbons (Fsp3) is 0.533. The molecule has 0 aromatic heterocycles. The molecule has 0 unspecified atom stereocenters. The molecule has 392 valence electrons. The van der Waals surface area contributed by atoms with Gasteiger partial charge in [-0.2, -0.15) is 0 Å². The highest BCUT2D eigenvalue weighted by atomic mass is 32.1. The van der Waals surface area contributed by atoms with Crippen molar-refractivity contribution < 1.29 is 18.9 Å². The monoisotopic (exact) mass is 1050 g/mol. The van der Waals surface area contributed by atoms with E-state index in [0.717, 1.165) is 67.5 Å². The van der Waals surface area contributed by atoms with Crippen molar-refractivity contribution in [2.24, 2.45) is 0 Å². The molecule has 4 N–H and O–H groups in total. The minimum absolute atomic E-state index is 0.202. The van der Waals surface area contributed by atoms with E-state index in [1.165, 1.54) is 22.3 Å². The standard InChI is InChI=1S/C60H84N4O4S4/c1-17-61-49(69)33-65-53-37-21-39-27-46(58(8,9)10)29-41(54(39)66-34-50(70)62-18-2)23-43-31-48(60(14,15)16)32-44(56(43)68-36-52(72)64-20-4)24-42-30-47(59(11,12)13)28-40(55(42)67-35-51(71)63-19-3)22-38(53)26-45(25-37)57(5,6)7/h25-32H,17-24,33-36H2,1-16H3,(H,61,69)(H,62,70)(H,63,71)(H,64,72). The van der Waals surface area contributed by atoms with Gasteiger partial charge in [0.2, 0.25) is 0 Å². The second-order valence-electron chi connectivity index (χ2n) is 23.2. The Hall–Kier alpha value is -4.36. The summed E-state index contributed by atoms with van der Waals surface area (Å²) < 4.78 is 28.2. The second-order valence-corrected chi connectivity index (χ2v) is 25.1. The van der Waals surface area contributed by atoms with E-state index in [-0.39, 0.29) is 48.1 Å². The Morgan fingerprint density at radius 3 is 0.611 bits per heavy atom. The van der Waals surface area contributed by atoms with Gasteiger partial charge in [-0.25, -0.2) is 0 Å². The highest BCUT2D eigenvalue weighted by Crippen LogP contribution is 2.44. The first-order chi connectivity index (χ1) is 33.7. The van der Waals surface area contributed by atoms with Gasteiger partial charge in [0.1, 0.15) is 69.4 Å². The van der Waals surface area contributed by atoms with Crippen LogP contribution < -0.4 is 40.2 Å². The van der Waals surface area contributed by atoms with Crippen molar-refractivity contribution >= 4 is 68.8 Å². The summed E-state index contributed by atoms with van der Waals surface area (Å²) in [5, 5.41) is 13.3. The van der Waals surface area contributed by atoms with Crippen molar-refractivity contribution in [2.75, 3.05) is 52.6 Å². The van der Waals surface area contributed by atoms with E-state index in [0.29, 0.717) is 71.8 Å². The lowest BCUT2D eigenvalue weighted by Gasteiger charge is -2.29. The fourth-order valence-corrected chi connectivity index (χ4v) is 9.72. The summed E-state index contributed by atoms with van der Waals surface area (Å²) in [5.41, 5.74) is 12.3. The largest absolute Gasteiger partial charge is 0.486 e. The molecule has 8 bridgehead atoms. The van der Waals surface area contributed by atoms with Crippen LogP contribution in [-0.4, -0.2) is 72.6 Å². The Labute approximate surface area is 455 Å². The van der Waals surface area contributed by atoms with Crippen molar-refractivity contribution in [3.8, 4) is 23.0 Å². The van der Waals surface area contributed by atoms with Crippen LogP contribution in [0.3, 0.4) is 0 Å². The van der Waals surface area contributed by atoms with Crippen LogP contribution in [0.4, 0.5) is 0 Å². The Kier molecular flexibility index (Phi) is 20.1. The van der Waals surface area contributed by atoms with E-state index in [4.69, 9.17) is 67.8 Å². The zero-order chi connectivity index (χ0) is 53.3. The van der Waals surface area contributed by atoms with Crippen molar-refractivity contribution in [3.63, 3.8) is 0 Å². The minimum Gasteiger partial charge on any atom is -0.486 e. The maximum Gasteiger partial charge on any atom is 0.138 e. The first-order valence-electron chi connectivity index (χ1n) is 25.9. The van der Waals surface area contributed by atoms with Crippen LogP contribution in [-0.2, 0) is 47.3 Å². The molecule has 8 nitrogen and oxygen atoms in total. The predicted octanol–water partition coefficient (Wildman–Crippen LogP) is 12.8. The predicted molar refractivity (Wildman–Crippen MR) is 319 cm³/mol. The summed E-state index contributed by atoms with van der Waals surface area (Å²) >= 11 is 23.5. The molecule has 5 rings (SSSR count). The van der Waals surface area contributed by atoms with Crippen LogP contribution in [0.25, 0.3) is 0 Å². The van der Waals surface area contributed by atoms with Gasteiger partial charge in [-0.15, -0.1) is 0 Å². The van der Waals surface area contributed by atoms with Crippen LogP contribution in [0.5, 0.6) is 23.0 Å². The quantitative estimate of drug-likeness (QED) is 0.0710. The average molecular weight is 1050 g/mol. The smallest absolute Gasteiger partial charge is 0.138 e. The maximum absolute atomic E-state index is 7.05.